The quantitative estimate of drug-likeness (QED) is 0.869. The predicted octanol–water partition coefficient (Wildman–Crippen LogP) is 2.14. The summed E-state index contributed by atoms with van der Waals surface area (Å²) in [7, 11) is 0. The van der Waals surface area contributed by atoms with Gasteiger partial charge in [0.2, 0.25) is 5.95 Å². The summed E-state index contributed by atoms with van der Waals surface area (Å²) in [6.45, 7) is 3.09. The average Bonchev–Trinajstić information content (AvgIpc) is 3.06. The van der Waals surface area contributed by atoms with Crippen LogP contribution in [0.2, 0.25) is 0 Å². The third kappa shape index (κ3) is 3.73. The minimum Gasteiger partial charge on any atom is -0.347 e. The molecule has 0 radical (unpaired) electrons. The number of thiophene rings is 1. The van der Waals surface area contributed by atoms with Gasteiger partial charge >= 0.3 is 0 Å². The lowest BCUT2D eigenvalue weighted by Crippen LogP contribution is -2.48. The van der Waals surface area contributed by atoms with Crippen molar-refractivity contribution in [2.45, 2.75) is 25.8 Å². The van der Waals surface area contributed by atoms with Crippen LogP contribution in [0, 0.1) is 0 Å². The van der Waals surface area contributed by atoms with Crippen LogP contribution in [0.4, 0.5) is 5.95 Å². The molecule has 7 heteroatoms. The van der Waals surface area contributed by atoms with E-state index in [1.54, 1.807) is 29.9 Å². The molecule has 1 atom stereocenters. The zero-order valence-electron chi connectivity index (χ0n) is 12.9. The number of anilines is 1. The zero-order valence-corrected chi connectivity index (χ0v) is 13.7. The summed E-state index contributed by atoms with van der Waals surface area (Å²) >= 11 is 1.30. The van der Waals surface area contributed by atoms with Crippen molar-refractivity contribution in [3.63, 3.8) is 0 Å². The Labute approximate surface area is 138 Å². The van der Waals surface area contributed by atoms with Gasteiger partial charge in [0.25, 0.3) is 5.91 Å². The fourth-order valence-corrected chi connectivity index (χ4v) is 3.43. The molecule has 120 valence electrons. The molecule has 1 aliphatic rings. The first-order valence-electron chi connectivity index (χ1n) is 7.56. The highest BCUT2D eigenvalue weighted by Crippen LogP contribution is 2.18. The molecular formula is C16H18N4O2S. The highest BCUT2D eigenvalue weighted by molar-refractivity contribution is 7.12. The first-order valence-corrected chi connectivity index (χ1v) is 8.44. The zero-order chi connectivity index (χ0) is 16.2. The molecule has 2 aromatic rings. The van der Waals surface area contributed by atoms with E-state index in [2.05, 4.69) is 20.2 Å². The summed E-state index contributed by atoms with van der Waals surface area (Å²) in [4.78, 5) is 34.9. The van der Waals surface area contributed by atoms with Crippen LogP contribution in [0.3, 0.4) is 0 Å². The SMILES string of the molecule is CC(=O)c1cc(C(=O)NC2CCCN(c3ncccn3)C2)cs1. The van der Waals surface area contributed by atoms with E-state index < -0.39 is 0 Å². The van der Waals surface area contributed by atoms with E-state index in [4.69, 9.17) is 0 Å². The smallest absolute Gasteiger partial charge is 0.252 e. The number of ketones is 1. The summed E-state index contributed by atoms with van der Waals surface area (Å²) < 4.78 is 0. The summed E-state index contributed by atoms with van der Waals surface area (Å²) in [5.41, 5.74) is 0.549. The van der Waals surface area contributed by atoms with Crippen molar-refractivity contribution in [2.75, 3.05) is 18.0 Å². The van der Waals surface area contributed by atoms with Gasteiger partial charge in [0.15, 0.2) is 5.78 Å². The Hall–Kier alpha value is -2.28. The third-order valence-corrected chi connectivity index (χ3v) is 4.83. The molecule has 2 aromatic heterocycles. The van der Waals surface area contributed by atoms with Crippen LogP contribution >= 0.6 is 11.3 Å². The van der Waals surface area contributed by atoms with E-state index in [-0.39, 0.29) is 17.7 Å². The molecule has 0 spiro atoms. The number of aromatic nitrogens is 2. The molecule has 3 heterocycles. The molecule has 1 fully saturated rings. The highest BCUT2D eigenvalue weighted by Gasteiger charge is 2.23. The maximum Gasteiger partial charge on any atom is 0.252 e. The summed E-state index contributed by atoms with van der Waals surface area (Å²) in [5.74, 6) is 0.551. The Morgan fingerprint density at radius 1 is 1.35 bits per heavy atom. The number of carbonyl (C=O) groups is 2. The van der Waals surface area contributed by atoms with Crippen LogP contribution in [-0.2, 0) is 0 Å². The molecule has 1 aliphatic heterocycles. The molecule has 0 aromatic carbocycles. The van der Waals surface area contributed by atoms with Crippen molar-refractivity contribution >= 4 is 29.0 Å². The van der Waals surface area contributed by atoms with Crippen molar-refractivity contribution in [1.82, 2.24) is 15.3 Å². The first-order chi connectivity index (χ1) is 11.1. The Bertz CT molecular complexity index is 701. The number of rotatable bonds is 4. The number of piperidine rings is 1. The Morgan fingerprint density at radius 3 is 2.83 bits per heavy atom. The van der Waals surface area contributed by atoms with E-state index in [0.29, 0.717) is 22.9 Å². The maximum atomic E-state index is 12.3. The summed E-state index contributed by atoms with van der Waals surface area (Å²) in [6, 6.07) is 3.50. The second-order valence-electron chi connectivity index (χ2n) is 5.56. The first kappa shape index (κ1) is 15.6. The van der Waals surface area contributed by atoms with E-state index in [1.165, 1.54) is 18.3 Å². The van der Waals surface area contributed by atoms with Gasteiger partial charge in [-0.25, -0.2) is 9.97 Å². The third-order valence-electron chi connectivity index (χ3n) is 3.80. The summed E-state index contributed by atoms with van der Waals surface area (Å²) in [6.07, 6.45) is 5.35. The van der Waals surface area contributed by atoms with E-state index in [9.17, 15) is 9.59 Å². The topological polar surface area (TPSA) is 75.2 Å². The molecule has 1 N–H and O–H groups in total. The van der Waals surface area contributed by atoms with Crippen LogP contribution in [0.15, 0.2) is 29.9 Å². The predicted molar refractivity (Wildman–Crippen MR) is 89.1 cm³/mol. The number of hydrogen-bond donors (Lipinski definition) is 1. The van der Waals surface area contributed by atoms with Crippen LogP contribution in [0.1, 0.15) is 39.8 Å². The molecular weight excluding hydrogens is 312 g/mol. The average molecular weight is 330 g/mol. The number of nitrogens with one attached hydrogen (secondary N) is 1. The second-order valence-corrected chi connectivity index (χ2v) is 6.47. The van der Waals surface area contributed by atoms with Crippen molar-refractivity contribution in [3.05, 3.63) is 40.3 Å². The minimum atomic E-state index is -0.130. The van der Waals surface area contributed by atoms with E-state index >= 15 is 0 Å². The van der Waals surface area contributed by atoms with Crippen molar-refractivity contribution in [1.29, 1.82) is 0 Å². The monoisotopic (exact) mass is 330 g/mol. The van der Waals surface area contributed by atoms with Gasteiger partial charge in [-0.1, -0.05) is 0 Å². The largest absolute Gasteiger partial charge is 0.347 e. The van der Waals surface area contributed by atoms with Gasteiger partial charge in [0.1, 0.15) is 0 Å². The number of hydrogen-bond acceptors (Lipinski definition) is 6. The van der Waals surface area contributed by atoms with Gasteiger partial charge in [0, 0.05) is 36.9 Å². The van der Waals surface area contributed by atoms with Gasteiger partial charge in [0.05, 0.1) is 10.4 Å². The normalized spacial score (nSPS) is 17.8. The molecule has 0 aliphatic carbocycles. The fourth-order valence-electron chi connectivity index (χ4n) is 2.64. The molecule has 0 bridgehead atoms. The molecule has 0 saturated carbocycles. The van der Waals surface area contributed by atoms with Crippen molar-refractivity contribution < 1.29 is 9.59 Å². The molecule has 3 rings (SSSR count). The summed E-state index contributed by atoms with van der Waals surface area (Å²) in [5, 5.41) is 4.78. The van der Waals surface area contributed by atoms with Crippen LogP contribution in [0.25, 0.3) is 0 Å². The lowest BCUT2D eigenvalue weighted by molar-refractivity contribution is 0.0933. The molecule has 23 heavy (non-hydrogen) atoms. The van der Waals surface area contributed by atoms with Gasteiger partial charge in [-0.05, 0) is 31.9 Å². The number of nitrogens with zero attached hydrogens (tertiary/aromatic N) is 3. The molecule has 6 nitrogen and oxygen atoms in total. The lowest BCUT2D eigenvalue weighted by atomic mass is 10.1. The standard InChI is InChI=1S/C16H18N4O2S/c1-11(21)14-8-12(10-23-14)15(22)19-13-4-2-7-20(9-13)16-17-5-3-6-18-16/h3,5-6,8,10,13H,2,4,7,9H2,1H3,(H,19,22). The Morgan fingerprint density at radius 2 is 2.13 bits per heavy atom. The van der Waals surface area contributed by atoms with Gasteiger partial charge < -0.3 is 10.2 Å². The Kier molecular flexibility index (Phi) is 4.66. The van der Waals surface area contributed by atoms with Gasteiger partial charge in [-0.2, -0.15) is 0 Å². The number of carbonyl (C=O) groups excluding carboxylic acids is 2. The fraction of sp³-hybridized carbons (Fsp3) is 0.375. The highest BCUT2D eigenvalue weighted by atomic mass is 32.1. The number of amides is 1. The van der Waals surface area contributed by atoms with Crippen molar-refractivity contribution in [3.8, 4) is 0 Å². The van der Waals surface area contributed by atoms with Crippen LogP contribution in [0.5, 0.6) is 0 Å². The van der Waals surface area contributed by atoms with E-state index in [0.717, 1.165) is 19.4 Å². The van der Waals surface area contributed by atoms with E-state index in [1.807, 2.05) is 0 Å². The van der Waals surface area contributed by atoms with Gasteiger partial charge in [-0.15, -0.1) is 11.3 Å². The molecule has 1 saturated heterocycles. The van der Waals surface area contributed by atoms with Gasteiger partial charge in [-0.3, -0.25) is 9.59 Å². The van der Waals surface area contributed by atoms with Crippen molar-refractivity contribution in [2.24, 2.45) is 0 Å². The maximum absolute atomic E-state index is 12.3. The van der Waals surface area contributed by atoms with Crippen LogP contribution < -0.4 is 10.2 Å². The molecule has 1 amide bonds. The lowest BCUT2D eigenvalue weighted by Gasteiger charge is -2.33. The Balaban J connectivity index is 1.63. The molecule has 1 unspecified atom stereocenters. The minimum absolute atomic E-state index is 0.0147. The second kappa shape index (κ2) is 6.87. The number of Topliss-reactive ketones (excluding diaryl/α,β-unsaturated/α-hetero) is 1. The van der Waals surface area contributed by atoms with Crippen LogP contribution in [-0.4, -0.2) is 40.8 Å².